The zero-order valence-electron chi connectivity index (χ0n) is 11.2. The van der Waals surface area contributed by atoms with Gasteiger partial charge >= 0.3 is 15.6 Å². The molecule has 0 heterocycles. The normalized spacial score (nSPS) is 12.2. The third-order valence-corrected chi connectivity index (χ3v) is 3.48. The van der Waals surface area contributed by atoms with Gasteiger partial charge in [0.15, 0.2) is 11.5 Å². The van der Waals surface area contributed by atoms with Crippen molar-refractivity contribution in [1.29, 1.82) is 0 Å². The van der Waals surface area contributed by atoms with Crippen LogP contribution >= 0.6 is 0 Å². The van der Waals surface area contributed by atoms with Crippen LogP contribution < -0.4 is 13.7 Å². The van der Waals surface area contributed by atoms with Gasteiger partial charge in [0, 0.05) is 5.56 Å². The number of rotatable bonds is 4. The molecule has 5 nitrogen and oxygen atoms in total. The predicted octanol–water partition coefficient (Wildman–Crippen LogP) is 2.55. The van der Waals surface area contributed by atoms with Crippen molar-refractivity contribution in [2.24, 2.45) is 0 Å². The molecule has 0 radical (unpaired) electrons. The van der Waals surface area contributed by atoms with E-state index in [4.69, 9.17) is 9.47 Å². The van der Waals surface area contributed by atoms with E-state index in [9.17, 15) is 21.6 Å². The molecule has 9 heteroatoms. The molecule has 0 amide bonds. The highest BCUT2D eigenvalue weighted by atomic mass is 32.2. The van der Waals surface area contributed by atoms with Crippen LogP contribution in [0.25, 0.3) is 0 Å². The average molecular weight is 314 g/mol. The lowest BCUT2D eigenvalue weighted by Crippen LogP contribution is -2.28. The van der Waals surface area contributed by atoms with E-state index in [-0.39, 0.29) is 11.3 Å². The second-order valence-electron chi connectivity index (χ2n) is 3.87. The maximum absolute atomic E-state index is 12.3. The molecule has 0 aliphatic heterocycles. The number of methoxy groups -OCH3 is 2. The molecule has 0 fully saturated rings. The van der Waals surface area contributed by atoms with Gasteiger partial charge in [0.1, 0.15) is 5.75 Å². The molecule has 114 valence electrons. The molecule has 0 aliphatic carbocycles. The maximum Gasteiger partial charge on any atom is 0.534 e. The Morgan fingerprint density at radius 3 is 1.95 bits per heavy atom. The largest absolute Gasteiger partial charge is 0.534 e. The van der Waals surface area contributed by atoms with Crippen molar-refractivity contribution >= 4 is 10.1 Å². The van der Waals surface area contributed by atoms with Crippen molar-refractivity contribution in [3.05, 3.63) is 17.2 Å². The molecule has 0 aliphatic rings. The number of aryl methyl sites for hydroxylation is 1. The van der Waals surface area contributed by atoms with Crippen molar-refractivity contribution in [3.63, 3.8) is 0 Å². The molecule has 0 N–H and O–H groups in total. The zero-order chi connectivity index (χ0) is 15.7. The van der Waals surface area contributed by atoms with Gasteiger partial charge in [0.2, 0.25) is 0 Å². The predicted molar refractivity (Wildman–Crippen MR) is 64.6 cm³/mol. The number of hydrogen-bond donors (Lipinski definition) is 0. The van der Waals surface area contributed by atoms with Gasteiger partial charge in [-0.3, -0.25) is 0 Å². The third kappa shape index (κ3) is 2.92. The van der Waals surface area contributed by atoms with Crippen LogP contribution in [0.5, 0.6) is 17.2 Å². The zero-order valence-corrected chi connectivity index (χ0v) is 12.0. The van der Waals surface area contributed by atoms with Gasteiger partial charge in [-0.2, -0.15) is 21.6 Å². The fraction of sp³-hybridized carbons (Fsp3) is 0.455. The minimum Gasteiger partial charge on any atom is -0.493 e. The first kappa shape index (κ1) is 16.4. The molecule has 0 bridgehead atoms. The Balaban J connectivity index is 3.39. The smallest absolute Gasteiger partial charge is 0.493 e. The molecular weight excluding hydrogens is 301 g/mol. The van der Waals surface area contributed by atoms with Gasteiger partial charge in [0.05, 0.1) is 14.2 Å². The van der Waals surface area contributed by atoms with Crippen LogP contribution in [0.3, 0.4) is 0 Å². The van der Waals surface area contributed by atoms with Crippen LogP contribution in [-0.2, 0) is 10.1 Å². The Kier molecular flexibility index (Phi) is 4.42. The first-order valence-corrected chi connectivity index (χ1v) is 6.69. The average Bonchev–Trinajstić information content (AvgIpc) is 2.31. The minimum atomic E-state index is -5.73. The fourth-order valence-electron chi connectivity index (χ4n) is 1.58. The molecule has 0 unspecified atom stereocenters. The molecule has 0 saturated carbocycles. The number of hydrogen-bond acceptors (Lipinski definition) is 5. The Morgan fingerprint density at radius 1 is 1.05 bits per heavy atom. The van der Waals surface area contributed by atoms with Gasteiger partial charge in [-0.25, -0.2) is 0 Å². The highest BCUT2D eigenvalue weighted by molar-refractivity contribution is 7.88. The van der Waals surface area contributed by atoms with Crippen LogP contribution in [0.4, 0.5) is 13.2 Å². The van der Waals surface area contributed by atoms with Gasteiger partial charge in [-0.05, 0) is 25.5 Å². The Labute approximate surface area is 114 Å². The van der Waals surface area contributed by atoms with E-state index in [1.165, 1.54) is 28.1 Å². The summed E-state index contributed by atoms with van der Waals surface area (Å²) in [5.41, 5.74) is -5.04. The Morgan fingerprint density at radius 2 is 1.55 bits per heavy atom. The summed E-state index contributed by atoms with van der Waals surface area (Å²) in [7, 11) is -3.09. The number of halogens is 3. The summed E-state index contributed by atoms with van der Waals surface area (Å²) in [5, 5.41) is 0. The van der Waals surface area contributed by atoms with Crippen molar-refractivity contribution in [3.8, 4) is 17.2 Å². The van der Waals surface area contributed by atoms with Crippen LogP contribution in [0, 0.1) is 13.8 Å². The highest BCUT2D eigenvalue weighted by Crippen LogP contribution is 2.41. The monoisotopic (exact) mass is 314 g/mol. The van der Waals surface area contributed by atoms with Crippen LogP contribution in [0.1, 0.15) is 11.1 Å². The van der Waals surface area contributed by atoms with E-state index in [0.29, 0.717) is 11.3 Å². The topological polar surface area (TPSA) is 61.8 Å². The summed E-state index contributed by atoms with van der Waals surface area (Å²) in [6.07, 6.45) is 0. The molecular formula is C11H13F3O5S. The first-order chi connectivity index (χ1) is 9.05. The maximum atomic E-state index is 12.3. The van der Waals surface area contributed by atoms with E-state index < -0.39 is 21.4 Å². The summed E-state index contributed by atoms with van der Waals surface area (Å²) in [6.45, 7) is 2.88. The highest BCUT2D eigenvalue weighted by Gasteiger charge is 2.48. The summed E-state index contributed by atoms with van der Waals surface area (Å²) < 4.78 is 73.2. The molecule has 1 rings (SSSR count). The van der Waals surface area contributed by atoms with E-state index in [0.717, 1.165) is 6.07 Å². The Bertz CT molecular complexity index is 607. The number of ether oxygens (including phenoxy) is 2. The van der Waals surface area contributed by atoms with Crippen molar-refractivity contribution in [1.82, 2.24) is 0 Å². The molecule has 1 aromatic carbocycles. The standard InChI is InChI=1S/C11H13F3O5S/c1-6-5-8(19-20(15,16)11(12,13)14)7(2)10(18-4)9(6)17-3/h5H,1-4H3. The summed E-state index contributed by atoms with van der Waals surface area (Å²) in [5.74, 6) is -0.0564. The summed E-state index contributed by atoms with van der Waals surface area (Å²) in [4.78, 5) is 0. The van der Waals surface area contributed by atoms with Crippen LogP contribution in [0.15, 0.2) is 6.07 Å². The molecule has 1 aromatic rings. The van der Waals surface area contributed by atoms with Gasteiger partial charge in [0.25, 0.3) is 0 Å². The van der Waals surface area contributed by atoms with E-state index in [1.807, 2.05) is 0 Å². The lowest BCUT2D eigenvalue weighted by Gasteiger charge is -2.17. The lowest BCUT2D eigenvalue weighted by molar-refractivity contribution is -0.0500. The third-order valence-electron chi connectivity index (χ3n) is 2.51. The van der Waals surface area contributed by atoms with Crippen molar-refractivity contribution in [2.75, 3.05) is 14.2 Å². The molecule has 0 spiro atoms. The molecule has 20 heavy (non-hydrogen) atoms. The molecule has 0 aromatic heterocycles. The van der Waals surface area contributed by atoms with Crippen LogP contribution in [0.2, 0.25) is 0 Å². The van der Waals surface area contributed by atoms with Gasteiger partial charge in [-0.1, -0.05) is 0 Å². The van der Waals surface area contributed by atoms with E-state index >= 15 is 0 Å². The SMILES string of the molecule is COc1c(C)cc(OS(=O)(=O)C(F)(F)F)c(C)c1OC. The quantitative estimate of drug-likeness (QED) is 0.631. The van der Waals surface area contributed by atoms with Gasteiger partial charge in [-0.15, -0.1) is 0 Å². The minimum absolute atomic E-state index is 0.0859. The second kappa shape index (κ2) is 5.39. The lowest BCUT2D eigenvalue weighted by atomic mass is 10.1. The first-order valence-electron chi connectivity index (χ1n) is 5.28. The van der Waals surface area contributed by atoms with Crippen LogP contribution in [-0.4, -0.2) is 28.1 Å². The van der Waals surface area contributed by atoms with Crippen molar-refractivity contribution in [2.45, 2.75) is 19.4 Å². The fourth-order valence-corrected chi connectivity index (χ4v) is 2.09. The number of benzene rings is 1. The molecule has 0 saturated heterocycles. The summed E-state index contributed by atoms with van der Waals surface area (Å²) >= 11 is 0. The number of alkyl halides is 3. The van der Waals surface area contributed by atoms with E-state index in [1.54, 1.807) is 0 Å². The molecule has 0 atom stereocenters. The summed E-state index contributed by atoms with van der Waals surface area (Å²) in [6, 6.07) is 1.14. The second-order valence-corrected chi connectivity index (χ2v) is 5.40. The van der Waals surface area contributed by atoms with Gasteiger partial charge < -0.3 is 13.7 Å². The van der Waals surface area contributed by atoms with E-state index in [2.05, 4.69) is 4.18 Å². The van der Waals surface area contributed by atoms with Crippen molar-refractivity contribution < 1.29 is 35.2 Å². The Hall–Kier alpha value is -1.64.